The number of amides is 1. The molecule has 1 aromatic rings. The van der Waals surface area contributed by atoms with Crippen molar-refractivity contribution in [2.75, 3.05) is 6.54 Å². The lowest BCUT2D eigenvalue weighted by Crippen LogP contribution is -2.29. The molecule has 0 aliphatic heterocycles. The summed E-state index contributed by atoms with van der Waals surface area (Å²) >= 11 is 5.79. The number of rotatable bonds is 5. The van der Waals surface area contributed by atoms with E-state index < -0.39 is 18.4 Å². The van der Waals surface area contributed by atoms with Gasteiger partial charge >= 0.3 is 5.97 Å². The van der Waals surface area contributed by atoms with E-state index in [1.54, 1.807) is 6.07 Å². The van der Waals surface area contributed by atoms with Crippen molar-refractivity contribution in [1.82, 2.24) is 10.3 Å². The number of hydrogen-bond acceptors (Lipinski definition) is 3. The zero-order valence-electron chi connectivity index (χ0n) is 9.36. The maximum Gasteiger partial charge on any atom is 0.322 e. The highest BCUT2D eigenvalue weighted by Gasteiger charge is 2.10. The van der Waals surface area contributed by atoms with Crippen LogP contribution in [-0.2, 0) is 11.2 Å². The summed E-state index contributed by atoms with van der Waals surface area (Å²) in [5.41, 5.74) is 1.05. The minimum absolute atomic E-state index is 0.233. The van der Waals surface area contributed by atoms with Crippen molar-refractivity contribution in [3.8, 4) is 0 Å². The first-order valence-electron chi connectivity index (χ1n) is 5.19. The van der Waals surface area contributed by atoms with E-state index in [0.29, 0.717) is 5.56 Å². The van der Waals surface area contributed by atoms with Crippen molar-refractivity contribution >= 4 is 23.5 Å². The van der Waals surface area contributed by atoms with Crippen LogP contribution in [0.25, 0.3) is 0 Å². The Labute approximate surface area is 104 Å². The van der Waals surface area contributed by atoms with Crippen LogP contribution < -0.4 is 5.32 Å². The van der Waals surface area contributed by atoms with Crippen molar-refractivity contribution in [1.29, 1.82) is 0 Å². The Balaban J connectivity index is 2.81. The summed E-state index contributed by atoms with van der Waals surface area (Å²) in [6.07, 6.45) is 1.61. The molecule has 5 nitrogen and oxygen atoms in total. The molecule has 0 aromatic carbocycles. The molecule has 17 heavy (non-hydrogen) atoms. The molecule has 6 heteroatoms. The van der Waals surface area contributed by atoms with Crippen molar-refractivity contribution in [3.05, 3.63) is 28.5 Å². The SMILES string of the molecule is CCCc1cc(C(=O)NCC(=O)O)cc(Cl)n1. The number of aliphatic carboxylic acids is 1. The molecule has 2 N–H and O–H groups in total. The van der Waals surface area contributed by atoms with Gasteiger partial charge in [0.05, 0.1) is 0 Å². The average molecular weight is 257 g/mol. The van der Waals surface area contributed by atoms with Crippen LogP contribution in [-0.4, -0.2) is 28.5 Å². The Morgan fingerprint density at radius 1 is 1.47 bits per heavy atom. The molecule has 0 unspecified atom stereocenters. The maximum absolute atomic E-state index is 11.6. The Kier molecular flexibility index (Phi) is 4.90. The van der Waals surface area contributed by atoms with Crippen LogP contribution in [0.1, 0.15) is 29.4 Å². The lowest BCUT2D eigenvalue weighted by Gasteiger charge is -2.05. The second-order valence-corrected chi connectivity index (χ2v) is 3.88. The van der Waals surface area contributed by atoms with Gasteiger partial charge in [-0.15, -0.1) is 0 Å². The minimum atomic E-state index is -1.09. The van der Waals surface area contributed by atoms with Crippen LogP contribution in [0.3, 0.4) is 0 Å². The zero-order chi connectivity index (χ0) is 12.8. The van der Waals surface area contributed by atoms with Gasteiger partial charge in [0.15, 0.2) is 0 Å². The Hall–Kier alpha value is -1.62. The van der Waals surface area contributed by atoms with Crippen LogP contribution in [0.4, 0.5) is 0 Å². The monoisotopic (exact) mass is 256 g/mol. The summed E-state index contributed by atoms with van der Waals surface area (Å²) in [5, 5.41) is 11.0. The fourth-order valence-electron chi connectivity index (χ4n) is 1.32. The molecule has 0 aliphatic carbocycles. The number of aryl methyl sites for hydroxylation is 1. The van der Waals surface area contributed by atoms with Crippen molar-refractivity contribution in [3.63, 3.8) is 0 Å². The normalized spacial score (nSPS) is 10.0. The molecule has 0 bridgehead atoms. The number of carbonyl (C=O) groups is 2. The summed E-state index contributed by atoms with van der Waals surface area (Å²) in [5.74, 6) is -1.55. The van der Waals surface area contributed by atoms with E-state index in [1.165, 1.54) is 6.07 Å². The van der Waals surface area contributed by atoms with E-state index in [2.05, 4.69) is 10.3 Å². The maximum atomic E-state index is 11.6. The highest BCUT2D eigenvalue weighted by molar-refractivity contribution is 6.29. The fraction of sp³-hybridized carbons (Fsp3) is 0.364. The molecule has 1 aromatic heterocycles. The number of hydrogen-bond donors (Lipinski definition) is 2. The van der Waals surface area contributed by atoms with Gasteiger partial charge in [-0.25, -0.2) is 4.98 Å². The third-order valence-corrected chi connectivity index (χ3v) is 2.21. The summed E-state index contributed by atoms with van der Waals surface area (Å²) in [6.45, 7) is 1.58. The highest BCUT2D eigenvalue weighted by atomic mass is 35.5. The number of aromatic nitrogens is 1. The quantitative estimate of drug-likeness (QED) is 0.783. The zero-order valence-corrected chi connectivity index (χ0v) is 10.1. The fourth-order valence-corrected chi connectivity index (χ4v) is 1.55. The molecule has 0 fully saturated rings. The van der Waals surface area contributed by atoms with E-state index in [0.717, 1.165) is 18.5 Å². The molecule has 92 valence electrons. The van der Waals surface area contributed by atoms with Crippen LogP contribution in [0.2, 0.25) is 5.15 Å². The van der Waals surface area contributed by atoms with E-state index in [1.807, 2.05) is 6.92 Å². The first-order valence-corrected chi connectivity index (χ1v) is 5.57. The number of nitrogens with zero attached hydrogens (tertiary/aromatic N) is 1. The largest absolute Gasteiger partial charge is 0.480 e. The summed E-state index contributed by atoms with van der Waals surface area (Å²) in [4.78, 5) is 26.0. The number of carbonyl (C=O) groups excluding carboxylic acids is 1. The molecular weight excluding hydrogens is 244 g/mol. The van der Waals surface area contributed by atoms with Crippen molar-refractivity contribution in [2.45, 2.75) is 19.8 Å². The van der Waals surface area contributed by atoms with Gasteiger partial charge in [0.25, 0.3) is 5.91 Å². The number of carboxylic acids is 1. The van der Waals surface area contributed by atoms with Crippen molar-refractivity contribution in [2.24, 2.45) is 0 Å². The van der Waals surface area contributed by atoms with E-state index >= 15 is 0 Å². The first kappa shape index (κ1) is 13.4. The van der Waals surface area contributed by atoms with Gasteiger partial charge in [0.2, 0.25) is 0 Å². The van der Waals surface area contributed by atoms with Crippen LogP contribution >= 0.6 is 11.6 Å². The second kappa shape index (κ2) is 6.20. The molecule has 0 saturated carbocycles. The second-order valence-electron chi connectivity index (χ2n) is 3.50. The van der Waals surface area contributed by atoms with E-state index in [-0.39, 0.29) is 5.15 Å². The molecular formula is C11H13ClN2O3. The van der Waals surface area contributed by atoms with Gasteiger partial charge in [-0.2, -0.15) is 0 Å². The standard InChI is InChI=1S/C11H13ClN2O3/c1-2-3-8-4-7(5-9(12)14-8)11(17)13-6-10(15)16/h4-5H,2-3,6H2,1H3,(H,13,17)(H,15,16). The van der Waals surface area contributed by atoms with Crippen molar-refractivity contribution < 1.29 is 14.7 Å². The van der Waals surface area contributed by atoms with E-state index in [9.17, 15) is 9.59 Å². The topological polar surface area (TPSA) is 79.3 Å². The smallest absolute Gasteiger partial charge is 0.322 e. The first-order chi connectivity index (χ1) is 8.02. The Bertz CT molecular complexity index is 435. The van der Waals surface area contributed by atoms with Crippen LogP contribution in [0.15, 0.2) is 12.1 Å². The molecule has 1 rings (SSSR count). The molecule has 1 heterocycles. The lowest BCUT2D eigenvalue weighted by molar-refractivity contribution is -0.135. The molecule has 0 atom stereocenters. The molecule has 0 aliphatic rings. The summed E-state index contributed by atoms with van der Waals surface area (Å²) in [6, 6.07) is 3.03. The number of nitrogens with one attached hydrogen (secondary N) is 1. The van der Waals surface area contributed by atoms with E-state index in [4.69, 9.17) is 16.7 Å². The average Bonchev–Trinajstić information content (AvgIpc) is 2.25. The predicted molar refractivity (Wildman–Crippen MR) is 63.2 cm³/mol. The molecule has 0 saturated heterocycles. The van der Waals surface area contributed by atoms with Crippen LogP contribution in [0.5, 0.6) is 0 Å². The highest BCUT2D eigenvalue weighted by Crippen LogP contribution is 2.12. The van der Waals surface area contributed by atoms with Gasteiger partial charge in [-0.1, -0.05) is 24.9 Å². The van der Waals surface area contributed by atoms with Gasteiger partial charge in [0, 0.05) is 11.3 Å². The predicted octanol–water partition coefficient (Wildman–Crippen LogP) is 1.50. The van der Waals surface area contributed by atoms with Crippen LogP contribution in [0, 0.1) is 0 Å². The third kappa shape index (κ3) is 4.40. The molecule has 0 radical (unpaired) electrons. The summed E-state index contributed by atoms with van der Waals surface area (Å²) in [7, 11) is 0. The van der Waals surface area contributed by atoms with Gasteiger partial charge in [-0.05, 0) is 18.6 Å². The van der Waals surface area contributed by atoms with Gasteiger partial charge in [-0.3, -0.25) is 9.59 Å². The third-order valence-electron chi connectivity index (χ3n) is 2.02. The minimum Gasteiger partial charge on any atom is -0.480 e. The number of carboxylic acid groups (broad SMARTS) is 1. The molecule has 0 spiro atoms. The Morgan fingerprint density at radius 2 is 2.18 bits per heavy atom. The lowest BCUT2D eigenvalue weighted by atomic mass is 10.1. The Morgan fingerprint density at radius 3 is 2.76 bits per heavy atom. The molecule has 1 amide bonds. The van der Waals surface area contributed by atoms with Gasteiger partial charge in [0.1, 0.15) is 11.7 Å². The number of pyridine rings is 1. The summed E-state index contributed by atoms with van der Waals surface area (Å²) < 4.78 is 0. The van der Waals surface area contributed by atoms with Gasteiger partial charge < -0.3 is 10.4 Å². The number of halogens is 1.